The summed E-state index contributed by atoms with van der Waals surface area (Å²) in [6.45, 7) is 4.43. The van der Waals surface area contributed by atoms with Gasteiger partial charge in [0.2, 0.25) is 0 Å². The van der Waals surface area contributed by atoms with E-state index in [0.29, 0.717) is 17.5 Å². The number of aryl methyl sites for hydroxylation is 1. The molecule has 1 aromatic carbocycles. The lowest BCUT2D eigenvalue weighted by atomic mass is 9.92. The second-order valence-electron chi connectivity index (χ2n) is 6.59. The van der Waals surface area contributed by atoms with Crippen LogP contribution in [0.5, 0.6) is 0 Å². The normalized spacial score (nSPS) is 14.4. The average Bonchev–Trinajstić information content (AvgIpc) is 3.21. The molecule has 0 bridgehead atoms. The molecule has 4 heteroatoms. The van der Waals surface area contributed by atoms with Crippen molar-refractivity contribution in [3.8, 4) is 17.2 Å². The number of aromatic nitrogens is 2. The van der Waals surface area contributed by atoms with E-state index < -0.39 is 0 Å². The van der Waals surface area contributed by atoms with Crippen molar-refractivity contribution < 1.29 is 0 Å². The van der Waals surface area contributed by atoms with Crippen molar-refractivity contribution in [3.05, 3.63) is 40.2 Å². The van der Waals surface area contributed by atoms with Crippen molar-refractivity contribution in [2.45, 2.75) is 39.0 Å². The molecule has 0 radical (unpaired) electrons. The summed E-state index contributed by atoms with van der Waals surface area (Å²) in [5.41, 5.74) is 4.87. The monoisotopic (exact) mass is 313 g/mol. The fourth-order valence-corrected chi connectivity index (χ4v) is 3.38. The maximum atomic E-state index is 9.33. The summed E-state index contributed by atoms with van der Waals surface area (Å²) >= 11 is 6.62. The molecule has 0 spiro atoms. The number of benzene rings is 1. The molecule has 1 fully saturated rings. The molecule has 1 aromatic heterocycles. The Kier molecular flexibility index (Phi) is 3.97. The minimum Gasteiger partial charge on any atom is -0.274 e. The first-order chi connectivity index (χ1) is 10.5. The topological polar surface area (TPSA) is 41.6 Å². The van der Waals surface area contributed by atoms with E-state index in [2.05, 4.69) is 37.1 Å². The van der Waals surface area contributed by atoms with Crippen molar-refractivity contribution in [1.82, 2.24) is 9.78 Å². The highest BCUT2D eigenvalue weighted by Crippen LogP contribution is 2.47. The maximum absolute atomic E-state index is 9.33. The molecule has 3 nitrogen and oxygen atoms in total. The van der Waals surface area contributed by atoms with E-state index in [-0.39, 0.29) is 0 Å². The Hall–Kier alpha value is -1.79. The number of hydrogen-bond donors (Lipinski definition) is 0. The van der Waals surface area contributed by atoms with Crippen LogP contribution in [0.4, 0.5) is 0 Å². The Bertz CT molecular complexity index is 748. The van der Waals surface area contributed by atoms with Crippen LogP contribution < -0.4 is 0 Å². The van der Waals surface area contributed by atoms with Crippen LogP contribution in [-0.2, 0) is 13.5 Å². The van der Waals surface area contributed by atoms with Crippen LogP contribution in [0.3, 0.4) is 0 Å². The number of halogens is 1. The van der Waals surface area contributed by atoms with E-state index in [1.54, 1.807) is 4.68 Å². The van der Waals surface area contributed by atoms with Crippen LogP contribution in [0.1, 0.15) is 49.4 Å². The minimum absolute atomic E-state index is 0.447. The lowest BCUT2D eigenvalue weighted by Crippen LogP contribution is -1.98. The largest absolute Gasteiger partial charge is 0.274 e. The van der Waals surface area contributed by atoms with Crippen LogP contribution >= 0.6 is 11.6 Å². The van der Waals surface area contributed by atoms with Crippen molar-refractivity contribution in [2.75, 3.05) is 0 Å². The summed E-state index contributed by atoms with van der Waals surface area (Å²) in [4.78, 5) is 0. The van der Waals surface area contributed by atoms with Gasteiger partial charge in [0.05, 0.1) is 0 Å². The first kappa shape index (κ1) is 15.1. The first-order valence-corrected chi connectivity index (χ1v) is 8.13. The molecule has 1 saturated carbocycles. The zero-order valence-corrected chi connectivity index (χ0v) is 14.0. The van der Waals surface area contributed by atoms with E-state index in [9.17, 15) is 5.26 Å². The van der Waals surface area contributed by atoms with E-state index in [1.807, 2.05) is 13.2 Å². The molecule has 114 valence electrons. The molecule has 2 aromatic rings. The van der Waals surface area contributed by atoms with Crippen LogP contribution in [-0.4, -0.2) is 9.78 Å². The van der Waals surface area contributed by atoms with Gasteiger partial charge >= 0.3 is 0 Å². The molecule has 1 aliphatic carbocycles. The predicted octanol–water partition coefficient (Wildman–Crippen LogP) is 4.69. The molecule has 1 heterocycles. The van der Waals surface area contributed by atoms with Crippen molar-refractivity contribution >= 4 is 11.6 Å². The Labute approximate surface area is 136 Å². The van der Waals surface area contributed by atoms with Crippen LogP contribution in [0.25, 0.3) is 11.1 Å². The van der Waals surface area contributed by atoms with Gasteiger partial charge in [-0.15, -0.1) is 0 Å². The van der Waals surface area contributed by atoms with Gasteiger partial charge in [-0.3, -0.25) is 4.68 Å². The van der Waals surface area contributed by atoms with Gasteiger partial charge in [0.1, 0.15) is 6.07 Å². The third kappa shape index (κ3) is 2.89. The summed E-state index contributed by atoms with van der Waals surface area (Å²) in [7, 11) is 1.84. The Morgan fingerprint density at radius 3 is 2.73 bits per heavy atom. The zero-order valence-electron chi connectivity index (χ0n) is 13.2. The quantitative estimate of drug-likeness (QED) is 0.821. The van der Waals surface area contributed by atoms with E-state index in [4.69, 9.17) is 11.6 Å². The Balaban J connectivity index is 2.16. The molecule has 1 aliphatic rings. The van der Waals surface area contributed by atoms with Gasteiger partial charge in [-0.25, -0.2) is 0 Å². The molecule has 0 amide bonds. The fraction of sp³-hybridized carbons (Fsp3) is 0.444. The molecular formula is C18H20ClN3. The summed E-state index contributed by atoms with van der Waals surface area (Å²) in [5.74, 6) is 1.17. The molecule has 0 aliphatic heterocycles. The highest BCUT2D eigenvalue weighted by atomic mass is 35.5. The second-order valence-corrected chi connectivity index (χ2v) is 7.00. The second kappa shape index (κ2) is 5.78. The number of nitrogens with zero attached hydrogens (tertiary/aromatic N) is 3. The Morgan fingerprint density at radius 1 is 1.41 bits per heavy atom. The number of nitriles is 1. The maximum Gasteiger partial charge on any atom is 0.170 e. The van der Waals surface area contributed by atoms with Gasteiger partial charge in [0.25, 0.3) is 0 Å². The lowest BCUT2D eigenvalue weighted by molar-refractivity contribution is 0.647. The standard InChI is InChI=1S/C18H20ClN3/c1-11(2)6-12-7-14(13-4-5-13)18(16(19)8-12)15-10-22(3)21-17(15)9-20/h7-8,10-11,13H,4-6H2,1-3H3. The first-order valence-electron chi connectivity index (χ1n) is 7.76. The third-order valence-electron chi connectivity index (χ3n) is 4.05. The van der Waals surface area contributed by atoms with E-state index in [1.165, 1.54) is 24.0 Å². The van der Waals surface area contributed by atoms with Gasteiger partial charge < -0.3 is 0 Å². The zero-order chi connectivity index (χ0) is 15.9. The van der Waals surface area contributed by atoms with Gasteiger partial charge in [-0.2, -0.15) is 10.4 Å². The summed E-state index contributed by atoms with van der Waals surface area (Å²) < 4.78 is 1.68. The lowest BCUT2D eigenvalue weighted by Gasteiger charge is -2.14. The van der Waals surface area contributed by atoms with E-state index >= 15 is 0 Å². The fourth-order valence-electron chi connectivity index (χ4n) is 3.03. The van der Waals surface area contributed by atoms with Gasteiger partial charge in [0.15, 0.2) is 5.69 Å². The van der Waals surface area contributed by atoms with Crippen LogP contribution in [0, 0.1) is 17.2 Å². The highest BCUT2D eigenvalue weighted by Gasteiger charge is 2.29. The number of rotatable bonds is 4. The third-order valence-corrected chi connectivity index (χ3v) is 4.34. The average molecular weight is 314 g/mol. The molecular weight excluding hydrogens is 294 g/mol. The van der Waals surface area contributed by atoms with Crippen molar-refractivity contribution in [2.24, 2.45) is 13.0 Å². The van der Waals surface area contributed by atoms with Crippen molar-refractivity contribution in [3.63, 3.8) is 0 Å². The van der Waals surface area contributed by atoms with Gasteiger partial charge in [-0.1, -0.05) is 31.5 Å². The smallest absolute Gasteiger partial charge is 0.170 e. The predicted molar refractivity (Wildman–Crippen MR) is 88.9 cm³/mol. The molecule has 0 N–H and O–H groups in total. The summed E-state index contributed by atoms with van der Waals surface area (Å²) in [5, 5.41) is 14.3. The van der Waals surface area contributed by atoms with Crippen LogP contribution in [0.2, 0.25) is 5.02 Å². The van der Waals surface area contributed by atoms with Crippen molar-refractivity contribution in [1.29, 1.82) is 5.26 Å². The van der Waals surface area contributed by atoms with E-state index in [0.717, 1.165) is 22.6 Å². The highest BCUT2D eigenvalue weighted by molar-refractivity contribution is 6.33. The van der Waals surface area contributed by atoms with Crippen LogP contribution in [0.15, 0.2) is 18.3 Å². The summed E-state index contributed by atoms with van der Waals surface area (Å²) in [6, 6.07) is 6.52. The number of hydrogen-bond acceptors (Lipinski definition) is 2. The van der Waals surface area contributed by atoms with Gasteiger partial charge in [-0.05, 0) is 48.3 Å². The van der Waals surface area contributed by atoms with Gasteiger partial charge in [0, 0.05) is 29.4 Å². The molecule has 22 heavy (non-hydrogen) atoms. The molecule has 0 atom stereocenters. The Morgan fingerprint density at radius 2 is 2.14 bits per heavy atom. The minimum atomic E-state index is 0.447. The molecule has 0 saturated heterocycles. The summed E-state index contributed by atoms with van der Waals surface area (Å²) in [6.07, 6.45) is 5.33. The SMILES string of the molecule is CC(C)Cc1cc(Cl)c(-c2cn(C)nc2C#N)c(C2CC2)c1. The molecule has 0 unspecified atom stereocenters. The molecule has 3 rings (SSSR count).